The van der Waals surface area contributed by atoms with Crippen LogP contribution in [0.3, 0.4) is 0 Å². The fraction of sp³-hybridized carbons (Fsp3) is 0.211. The van der Waals surface area contributed by atoms with Crippen molar-refractivity contribution < 1.29 is 14.7 Å². The number of aromatic carboxylic acids is 1. The van der Waals surface area contributed by atoms with Gasteiger partial charge in [0, 0.05) is 5.56 Å². The van der Waals surface area contributed by atoms with E-state index >= 15 is 0 Å². The summed E-state index contributed by atoms with van der Waals surface area (Å²) < 4.78 is 0. The van der Waals surface area contributed by atoms with Crippen LogP contribution >= 0.6 is 23.8 Å². The van der Waals surface area contributed by atoms with Crippen LogP contribution in [-0.2, 0) is 5.41 Å². The number of nitrogens with one attached hydrogen (secondary N) is 2. The van der Waals surface area contributed by atoms with Crippen molar-refractivity contribution in [1.82, 2.24) is 5.32 Å². The zero-order valence-electron chi connectivity index (χ0n) is 14.6. The molecule has 26 heavy (non-hydrogen) atoms. The summed E-state index contributed by atoms with van der Waals surface area (Å²) in [6.07, 6.45) is 0. The van der Waals surface area contributed by atoms with Crippen molar-refractivity contribution in [3.8, 4) is 0 Å². The van der Waals surface area contributed by atoms with Gasteiger partial charge in [0.1, 0.15) is 0 Å². The number of hydrogen-bond acceptors (Lipinski definition) is 3. The first-order valence-corrected chi connectivity index (χ1v) is 8.62. The first kappa shape index (κ1) is 19.9. The van der Waals surface area contributed by atoms with E-state index in [0.717, 1.165) is 5.56 Å². The molecule has 2 aromatic rings. The number of benzene rings is 2. The van der Waals surface area contributed by atoms with Gasteiger partial charge in [0.05, 0.1) is 16.3 Å². The third-order valence-electron chi connectivity index (χ3n) is 3.70. The number of carboxylic acids is 1. The highest BCUT2D eigenvalue weighted by Gasteiger charge is 2.15. The first-order chi connectivity index (χ1) is 12.1. The molecule has 0 heterocycles. The van der Waals surface area contributed by atoms with Gasteiger partial charge in [-0.3, -0.25) is 10.1 Å². The second-order valence-electron chi connectivity index (χ2n) is 6.74. The van der Waals surface area contributed by atoms with Gasteiger partial charge in [0.2, 0.25) is 0 Å². The zero-order chi connectivity index (χ0) is 19.5. The highest BCUT2D eigenvalue weighted by Crippen LogP contribution is 2.24. The minimum Gasteiger partial charge on any atom is -0.478 e. The van der Waals surface area contributed by atoms with Crippen LogP contribution in [0.1, 0.15) is 47.1 Å². The Morgan fingerprint density at radius 3 is 2.15 bits per heavy atom. The van der Waals surface area contributed by atoms with E-state index in [0.29, 0.717) is 16.3 Å². The number of anilines is 1. The number of carbonyl (C=O) groups is 2. The van der Waals surface area contributed by atoms with Crippen LogP contribution in [0.4, 0.5) is 5.69 Å². The predicted molar refractivity (Wildman–Crippen MR) is 107 cm³/mol. The fourth-order valence-corrected chi connectivity index (χ4v) is 2.57. The van der Waals surface area contributed by atoms with Gasteiger partial charge in [-0.1, -0.05) is 44.5 Å². The molecule has 0 atom stereocenters. The lowest BCUT2D eigenvalue weighted by Gasteiger charge is -2.19. The van der Waals surface area contributed by atoms with Crippen LogP contribution in [0.2, 0.25) is 5.02 Å². The number of amides is 1. The van der Waals surface area contributed by atoms with Gasteiger partial charge >= 0.3 is 5.97 Å². The van der Waals surface area contributed by atoms with Crippen LogP contribution in [0.25, 0.3) is 0 Å². The monoisotopic (exact) mass is 390 g/mol. The Morgan fingerprint density at radius 1 is 1.04 bits per heavy atom. The van der Waals surface area contributed by atoms with Crippen LogP contribution < -0.4 is 10.6 Å². The van der Waals surface area contributed by atoms with Gasteiger partial charge in [0.15, 0.2) is 5.11 Å². The molecule has 2 rings (SSSR count). The minimum atomic E-state index is -1.08. The second kappa shape index (κ2) is 7.85. The molecule has 0 saturated heterocycles. The number of thiocarbonyl (C=S) groups is 1. The molecule has 0 saturated carbocycles. The van der Waals surface area contributed by atoms with Crippen LogP contribution in [0.5, 0.6) is 0 Å². The summed E-state index contributed by atoms with van der Waals surface area (Å²) in [5.41, 5.74) is 1.95. The standard InChI is InChI=1S/C19H19ClN2O3S/c1-19(2,3)13-7-4-11(5-8-13)16(23)22-18(26)21-15-10-12(17(24)25)6-9-14(15)20/h4-10H,1-3H3,(H,24,25)(H2,21,22,23,26). The third-order valence-corrected chi connectivity index (χ3v) is 4.24. The van der Waals surface area contributed by atoms with Crippen molar-refractivity contribution in [3.63, 3.8) is 0 Å². The number of halogens is 1. The Hall–Kier alpha value is -2.44. The second-order valence-corrected chi connectivity index (χ2v) is 7.55. The molecule has 3 N–H and O–H groups in total. The Kier molecular flexibility index (Phi) is 6.00. The summed E-state index contributed by atoms with van der Waals surface area (Å²) in [5, 5.41) is 14.7. The van der Waals surface area contributed by atoms with E-state index < -0.39 is 5.97 Å². The van der Waals surface area contributed by atoms with Gasteiger partial charge in [0.25, 0.3) is 5.91 Å². The van der Waals surface area contributed by atoms with Crippen LogP contribution in [0.15, 0.2) is 42.5 Å². The highest BCUT2D eigenvalue weighted by atomic mass is 35.5. The quantitative estimate of drug-likeness (QED) is 0.674. The molecule has 0 spiro atoms. The third kappa shape index (κ3) is 5.03. The lowest BCUT2D eigenvalue weighted by atomic mass is 9.87. The molecule has 0 unspecified atom stereocenters. The Bertz CT molecular complexity index is 858. The Morgan fingerprint density at radius 2 is 1.62 bits per heavy atom. The molecule has 0 aromatic heterocycles. The Labute approximate surface area is 162 Å². The van der Waals surface area contributed by atoms with Crippen molar-refractivity contribution in [3.05, 3.63) is 64.2 Å². The zero-order valence-corrected chi connectivity index (χ0v) is 16.2. The molecule has 0 bridgehead atoms. The molecule has 1 amide bonds. The van der Waals surface area contributed by atoms with E-state index in [2.05, 4.69) is 31.4 Å². The van der Waals surface area contributed by atoms with Crippen molar-refractivity contribution in [1.29, 1.82) is 0 Å². The normalized spacial score (nSPS) is 10.9. The molecule has 0 aliphatic carbocycles. The van der Waals surface area contributed by atoms with E-state index in [9.17, 15) is 9.59 Å². The van der Waals surface area contributed by atoms with Gasteiger partial charge in [-0.15, -0.1) is 0 Å². The van der Waals surface area contributed by atoms with Crippen LogP contribution in [-0.4, -0.2) is 22.1 Å². The molecule has 0 aliphatic rings. The molecule has 0 radical (unpaired) electrons. The summed E-state index contributed by atoms with van der Waals surface area (Å²) in [5.74, 6) is -1.45. The maximum Gasteiger partial charge on any atom is 0.335 e. The maximum absolute atomic E-state index is 12.3. The topological polar surface area (TPSA) is 78.4 Å². The summed E-state index contributed by atoms with van der Waals surface area (Å²) in [7, 11) is 0. The number of hydrogen-bond donors (Lipinski definition) is 3. The molecule has 2 aromatic carbocycles. The molecule has 5 nitrogen and oxygen atoms in total. The van der Waals surface area contributed by atoms with Gasteiger partial charge in [-0.25, -0.2) is 4.79 Å². The minimum absolute atomic E-state index is 0.00221. The number of carboxylic acid groups (broad SMARTS) is 1. The first-order valence-electron chi connectivity index (χ1n) is 7.83. The van der Waals surface area contributed by atoms with Crippen LogP contribution in [0, 0.1) is 0 Å². The van der Waals surface area contributed by atoms with E-state index in [1.165, 1.54) is 18.2 Å². The number of carbonyl (C=O) groups excluding carboxylic acids is 1. The molecular weight excluding hydrogens is 372 g/mol. The van der Waals surface area contributed by atoms with E-state index in [4.69, 9.17) is 28.9 Å². The molecule has 136 valence electrons. The lowest BCUT2D eigenvalue weighted by molar-refractivity contribution is 0.0696. The van der Waals surface area contributed by atoms with Crippen molar-refractivity contribution in [2.24, 2.45) is 0 Å². The predicted octanol–water partition coefficient (Wildman–Crippen LogP) is 4.46. The van der Waals surface area contributed by atoms with E-state index in [1.807, 2.05) is 12.1 Å². The molecule has 0 aliphatic heterocycles. The summed E-state index contributed by atoms with van der Waals surface area (Å²) in [6.45, 7) is 6.28. The molecular formula is C19H19ClN2O3S. The SMILES string of the molecule is CC(C)(C)c1ccc(C(=O)NC(=S)Nc2cc(C(=O)O)ccc2Cl)cc1. The fourth-order valence-electron chi connectivity index (χ4n) is 2.20. The lowest BCUT2D eigenvalue weighted by Crippen LogP contribution is -2.34. The van der Waals surface area contributed by atoms with E-state index in [-0.39, 0.29) is 22.0 Å². The summed E-state index contributed by atoms with van der Waals surface area (Å²) in [6, 6.07) is 11.4. The van der Waals surface area contributed by atoms with Crippen molar-refractivity contribution in [2.75, 3.05) is 5.32 Å². The van der Waals surface area contributed by atoms with Crippen molar-refractivity contribution in [2.45, 2.75) is 26.2 Å². The largest absolute Gasteiger partial charge is 0.478 e. The summed E-state index contributed by atoms with van der Waals surface area (Å²) >= 11 is 11.1. The van der Waals surface area contributed by atoms with Gasteiger partial charge < -0.3 is 10.4 Å². The average molecular weight is 391 g/mol. The molecule has 0 fully saturated rings. The van der Waals surface area contributed by atoms with E-state index in [1.54, 1.807) is 12.1 Å². The van der Waals surface area contributed by atoms with Crippen molar-refractivity contribution >= 4 is 46.5 Å². The van der Waals surface area contributed by atoms with Gasteiger partial charge in [-0.05, 0) is 53.5 Å². The number of rotatable bonds is 3. The van der Waals surface area contributed by atoms with Gasteiger partial charge in [-0.2, -0.15) is 0 Å². The maximum atomic E-state index is 12.3. The Balaban J connectivity index is 2.07. The average Bonchev–Trinajstić information content (AvgIpc) is 2.55. The smallest absolute Gasteiger partial charge is 0.335 e. The summed E-state index contributed by atoms with van der Waals surface area (Å²) in [4.78, 5) is 23.3. The highest BCUT2D eigenvalue weighted by molar-refractivity contribution is 7.80. The molecule has 7 heteroatoms.